The largest absolute Gasteiger partial charge is 0.492 e. The minimum atomic E-state index is -0.177. The Hall–Kier alpha value is -2.79. The lowest BCUT2D eigenvalue weighted by Crippen LogP contribution is -2.12. The Morgan fingerprint density at radius 1 is 0.966 bits per heavy atom. The van der Waals surface area contributed by atoms with E-state index in [0.29, 0.717) is 24.5 Å². The van der Waals surface area contributed by atoms with E-state index in [9.17, 15) is 4.79 Å². The first-order chi connectivity index (χ1) is 14.2. The summed E-state index contributed by atoms with van der Waals surface area (Å²) in [5, 5.41) is 2.90. The smallest absolute Gasteiger partial charge is 0.255 e. The van der Waals surface area contributed by atoms with Crippen LogP contribution >= 0.6 is 15.9 Å². The van der Waals surface area contributed by atoms with Crippen molar-refractivity contribution in [2.45, 2.75) is 26.4 Å². The monoisotopic (exact) mass is 453 g/mol. The van der Waals surface area contributed by atoms with Crippen LogP contribution in [0.2, 0.25) is 0 Å². The molecule has 0 aliphatic heterocycles. The van der Waals surface area contributed by atoms with Crippen molar-refractivity contribution in [3.05, 3.63) is 88.4 Å². The maximum absolute atomic E-state index is 12.5. The SMILES string of the molecule is CCCCOc1ccc(C(=O)Nc2ccc(OCc3ccccc3)cc2)cc1Br. The van der Waals surface area contributed by atoms with Gasteiger partial charge in [0.1, 0.15) is 18.1 Å². The zero-order chi connectivity index (χ0) is 20.5. The fourth-order valence-corrected chi connectivity index (χ4v) is 3.16. The van der Waals surface area contributed by atoms with Gasteiger partial charge in [0, 0.05) is 11.3 Å². The molecule has 0 bridgehead atoms. The number of hydrogen-bond donors (Lipinski definition) is 1. The predicted molar refractivity (Wildman–Crippen MR) is 120 cm³/mol. The van der Waals surface area contributed by atoms with Gasteiger partial charge in [0.25, 0.3) is 5.91 Å². The molecule has 1 amide bonds. The second kappa shape index (κ2) is 10.7. The summed E-state index contributed by atoms with van der Waals surface area (Å²) < 4.78 is 12.2. The van der Waals surface area contributed by atoms with E-state index in [4.69, 9.17) is 9.47 Å². The van der Waals surface area contributed by atoms with Crippen molar-refractivity contribution >= 4 is 27.5 Å². The first-order valence-corrected chi connectivity index (χ1v) is 10.5. The zero-order valence-corrected chi connectivity index (χ0v) is 17.9. The summed E-state index contributed by atoms with van der Waals surface area (Å²) in [4.78, 5) is 12.5. The van der Waals surface area contributed by atoms with E-state index in [0.717, 1.165) is 34.4 Å². The molecule has 0 saturated carbocycles. The molecule has 3 aromatic carbocycles. The third-order valence-electron chi connectivity index (χ3n) is 4.31. The quantitative estimate of drug-likeness (QED) is 0.378. The van der Waals surface area contributed by atoms with E-state index in [2.05, 4.69) is 28.2 Å². The number of carbonyl (C=O) groups is 1. The molecule has 4 nitrogen and oxygen atoms in total. The van der Waals surface area contributed by atoms with Crippen molar-refractivity contribution < 1.29 is 14.3 Å². The van der Waals surface area contributed by atoms with Crippen molar-refractivity contribution in [3.8, 4) is 11.5 Å². The molecule has 0 atom stereocenters. The van der Waals surface area contributed by atoms with E-state index in [-0.39, 0.29) is 5.91 Å². The van der Waals surface area contributed by atoms with Crippen molar-refractivity contribution in [2.75, 3.05) is 11.9 Å². The third kappa shape index (κ3) is 6.36. The molecule has 29 heavy (non-hydrogen) atoms. The molecule has 0 aliphatic carbocycles. The van der Waals surface area contributed by atoms with Crippen molar-refractivity contribution in [1.29, 1.82) is 0 Å². The number of amides is 1. The van der Waals surface area contributed by atoms with Crippen LogP contribution in [0.4, 0.5) is 5.69 Å². The van der Waals surface area contributed by atoms with Gasteiger partial charge in [-0.2, -0.15) is 0 Å². The Balaban J connectivity index is 1.55. The van der Waals surface area contributed by atoms with Crippen molar-refractivity contribution in [3.63, 3.8) is 0 Å². The van der Waals surface area contributed by atoms with Crippen LogP contribution in [0.15, 0.2) is 77.3 Å². The van der Waals surface area contributed by atoms with Gasteiger partial charge in [-0.15, -0.1) is 0 Å². The standard InChI is InChI=1S/C24H24BrNO3/c1-2-3-15-28-23-14-9-19(16-22(23)25)24(27)26-20-10-12-21(13-11-20)29-17-18-7-5-4-6-8-18/h4-14,16H,2-3,15,17H2,1H3,(H,26,27). The normalized spacial score (nSPS) is 10.4. The molecule has 0 aromatic heterocycles. The van der Waals surface area contributed by atoms with Crippen LogP contribution in [-0.4, -0.2) is 12.5 Å². The molecule has 3 aromatic rings. The first kappa shape index (κ1) is 20.9. The lowest BCUT2D eigenvalue weighted by Gasteiger charge is -2.11. The van der Waals surface area contributed by atoms with Gasteiger partial charge in [-0.1, -0.05) is 43.7 Å². The summed E-state index contributed by atoms with van der Waals surface area (Å²) in [5.74, 6) is 1.32. The summed E-state index contributed by atoms with van der Waals surface area (Å²) in [6.07, 6.45) is 2.08. The van der Waals surface area contributed by atoms with Crippen LogP contribution < -0.4 is 14.8 Å². The molecule has 0 unspecified atom stereocenters. The molecule has 0 saturated heterocycles. The number of halogens is 1. The highest BCUT2D eigenvalue weighted by Gasteiger charge is 2.10. The third-order valence-corrected chi connectivity index (χ3v) is 4.93. The lowest BCUT2D eigenvalue weighted by atomic mass is 10.2. The van der Waals surface area contributed by atoms with E-state index in [1.54, 1.807) is 12.1 Å². The number of rotatable bonds is 9. The zero-order valence-electron chi connectivity index (χ0n) is 16.4. The van der Waals surface area contributed by atoms with Gasteiger partial charge >= 0.3 is 0 Å². The van der Waals surface area contributed by atoms with Crippen LogP contribution in [-0.2, 0) is 6.61 Å². The van der Waals surface area contributed by atoms with E-state index < -0.39 is 0 Å². The van der Waals surface area contributed by atoms with Crippen LogP contribution in [0.25, 0.3) is 0 Å². The summed E-state index contributed by atoms with van der Waals surface area (Å²) in [6.45, 7) is 3.29. The topological polar surface area (TPSA) is 47.6 Å². The number of anilines is 1. The molecular weight excluding hydrogens is 430 g/mol. The van der Waals surface area contributed by atoms with Gasteiger partial charge in [0.05, 0.1) is 11.1 Å². The van der Waals surface area contributed by atoms with Gasteiger partial charge in [-0.3, -0.25) is 4.79 Å². The van der Waals surface area contributed by atoms with Gasteiger partial charge in [-0.25, -0.2) is 0 Å². The van der Waals surface area contributed by atoms with E-state index >= 15 is 0 Å². The van der Waals surface area contributed by atoms with Crippen LogP contribution in [0.3, 0.4) is 0 Å². The average molecular weight is 454 g/mol. The van der Waals surface area contributed by atoms with Crippen molar-refractivity contribution in [1.82, 2.24) is 0 Å². The van der Waals surface area contributed by atoms with Crippen molar-refractivity contribution in [2.24, 2.45) is 0 Å². The highest BCUT2D eigenvalue weighted by molar-refractivity contribution is 9.10. The summed E-state index contributed by atoms with van der Waals surface area (Å²) in [7, 11) is 0. The average Bonchev–Trinajstić information content (AvgIpc) is 2.75. The summed E-state index contributed by atoms with van der Waals surface area (Å²) in [5.41, 5.74) is 2.38. The van der Waals surface area contributed by atoms with E-state index in [1.807, 2.05) is 60.7 Å². The number of carbonyl (C=O) groups excluding carboxylic acids is 1. The van der Waals surface area contributed by atoms with Gasteiger partial charge in [0.2, 0.25) is 0 Å². The highest BCUT2D eigenvalue weighted by atomic mass is 79.9. The van der Waals surface area contributed by atoms with Crippen LogP contribution in [0.1, 0.15) is 35.7 Å². The number of ether oxygens (including phenoxy) is 2. The lowest BCUT2D eigenvalue weighted by molar-refractivity contribution is 0.102. The molecule has 3 rings (SSSR count). The summed E-state index contributed by atoms with van der Waals surface area (Å²) in [6, 6.07) is 22.7. The molecule has 0 radical (unpaired) electrons. The maximum atomic E-state index is 12.5. The van der Waals surface area contributed by atoms with Gasteiger partial charge < -0.3 is 14.8 Å². The predicted octanol–water partition coefficient (Wildman–Crippen LogP) is 6.46. The van der Waals surface area contributed by atoms with Crippen LogP contribution in [0, 0.1) is 0 Å². The van der Waals surface area contributed by atoms with E-state index in [1.165, 1.54) is 0 Å². The number of benzene rings is 3. The summed E-state index contributed by atoms with van der Waals surface area (Å²) >= 11 is 3.48. The second-order valence-electron chi connectivity index (χ2n) is 6.60. The molecule has 0 aliphatic rings. The maximum Gasteiger partial charge on any atom is 0.255 e. The fourth-order valence-electron chi connectivity index (χ4n) is 2.66. The Kier molecular flexibility index (Phi) is 7.70. The minimum Gasteiger partial charge on any atom is -0.492 e. The van der Waals surface area contributed by atoms with Gasteiger partial charge in [-0.05, 0) is 70.4 Å². The first-order valence-electron chi connectivity index (χ1n) is 9.66. The molecule has 5 heteroatoms. The van der Waals surface area contributed by atoms with Gasteiger partial charge in [0.15, 0.2) is 0 Å². The molecule has 150 valence electrons. The molecule has 1 N–H and O–H groups in total. The minimum absolute atomic E-state index is 0.177. The molecule has 0 spiro atoms. The Morgan fingerprint density at radius 3 is 2.41 bits per heavy atom. The highest BCUT2D eigenvalue weighted by Crippen LogP contribution is 2.27. The number of unbranched alkanes of at least 4 members (excludes halogenated alkanes) is 1. The number of nitrogens with one attached hydrogen (secondary N) is 1. The Bertz CT molecular complexity index is 927. The number of hydrogen-bond acceptors (Lipinski definition) is 3. The second-order valence-corrected chi connectivity index (χ2v) is 7.45. The Labute approximate surface area is 180 Å². The Morgan fingerprint density at radius 2 is 1.72 bits per heavy atom. The molecule has 0 fully saturated rings. The van der Waals surface area contributed by atoms with Crippen LogP contribution in [0.5, 0.6) is 11.5 Å². The molecular formula is C24H24BrNO3. The fraction of sp³-hybridized carbons (Fsp3) is 0.208. The molecule has 0 heterocycles.